The number of amides is 1. The number of benzene rings is 1. The molecule has 1 aromatic rings. The summed E-state index contributed by atoms with van der Waals surface area (Å²) in [5.74, 6) is -0.494. The van der Waals surface area contributed by atoms with Gasteiger partial charge in [-0.25, -0.2) is 4.79 Å². The Morgan fingerprint density at radius 1 is 1.26 bits per heavy atom. The molecule has 0 fully saturated rings. The highest BCUT2D eigenvalue weighted by molar-refractivity contribution is 5.93. The minimum atomic E-state index is -0.367. The number of anilines is 1. The molecule has 1 aromatic carbocycles. The molecule has 5 nitrogen and oxygen atoms in total. The smallest absolute Gasteiger partial charge is 0.338 e. The Balaban J connectivity index is 2.57. The van der Waals surface area contributed by atoms with E-state index in [9.17, 15) is 9.59 Å². The lowest BCUT2D eigenvalue weighted by Crippen LogP contribution is -2.26. The van der Waals surface area contributed by atoms with Gasteiger partial charge in [0.15, 0.2) is 0 Å². The van der Waals surface area contributed by atoms with Crippen LogP contribution in [0.4, 0.5) is 5.69 Å². The molecule has 3 N–H and O–H groups in total. The van der Waals surface area contributed by atoms with Crippen LogP contribution < -0.4 is 11.1 Å². The average molecular weight is 264 g/mol. The molecule has 0 saturated heterocycles. The van der Waals surface area contributed by atoms with Crippen molar-refractivity contribution in [3.8, 4) is 0 Å². The first kappa shape index (κ1) is 15.2. The third kappa shape index (κ3) is 5.09. The van der Waals surface area contributed by atoms with E-state index < -0.39 is 0 Å². The summed E-state index contributed by atoms with van der Waals surface area (Å²) >= 11 is 0. The number of nitrogens with one attached hydrogen (secondary N) is 1. The van der Waals surface area contributed by atoms with E-state index in [1.54, 1.807) is 31.2 Å². The number of esters is 1. The first-order valence-corrected chi connectivity index (χ1v) is 6.39. The molecule has 0 aliphatic carbocycles. The summed E-state index contributed by atoms with van der Waals surface area (Å²) in [6.07, 6.45) is 1.05. The van der Waals surface area contributed by atoms with Gasteiger partial charge in [0, 0.05) is 18.2 Å². The zero-order chi connectivity index (χ0) is 14.3. The molecular weight excluding hydrogens is 244 g/mol. The zero-order valence-electron chi connectivity index (χ0n) is 11.3. The van der Waals surface area contributed by atoms with Crippen LogP contribution in [0.5, 0.6) is 0 Å². The van der Waals surface area contributed by atoms with Gasteiger partial charge in [-0.3, -0.25) is 4.79 Å². The Hall–Kier alpha value is -1.88. The molecule has 19 heavy (non-hydrogen) atoms. The third-order valence-corrected chi connectivity index (χ3v) is 2.65. The lowest BCUT2D eigenvalue weighted by molar-refractivity contribution is -0.116. The van der Waals surface area contributed by atoms with Crippen molar-refractivity contribution in [3.05, 3.63) is 29.8 Å². The van der Waals surface area contributed by atoms with Gasteiger partial charge in [-0.05, 0) is 37.6 Å². The van der Waals surface area contributed by atoms with Crippen molar-refractivity contribution in [1.82, 2.24) is 0 Å². The number of rotatable bonds is 6. The molecule has 1 unspecified atom stereocenters. The van der Waals surface area contributed by atoms with Gasteiger partial charge in [-0.1, -0.05) is 6.92 Å². The van der Waals surface area contributed by atoms with E-state index in [0.717, 1.165) is 6.42 Å². The highest BCUT2D eigenvalue weighted by Crippen LogP contribution is 2.11. The van der Waals surface area contributed by atoms with Gasteiger partial charge in [0.2, 0.25) is 5.91 Å². The van der Waals surface area contributed by atoms with Gasteiger partial charge < -0.3 is 15.8 Å². The number of ether oxygens (including phenoxy) is 1. The fraction of sp³-hybridized carbons (Fsp3) is 0.429. The second-order valence-electron chi connectivity index (χ2n) is 4.22. The summed E-state index contributed by atoms with van der Waals surface area (Å²) in [5, 5.41) is 2.73. The Labute approximate surface area is 113 Å². The van der Waals surface area contributed by atoms with Crippen molar-refractivity contribution in [2.24, 2.45) is 5.73 Å². The normalized spacial score (nSPS) is 11.7. The summed E-state index contributed by atoms with van der Waals surface area (Å²) in [4.78, 5) is 23.1. The van der Waals surface area contributed by atoms with E-state index in [4.69, 9.17) is 10.5 Å². The molecule has 0 aliphatic heterocycles. The maximum absolute atomic E-state index is 11.6. The SMILES string of the molecule is CCOC(=O)c1ccc(NC(=O)CC(N)CC)cc1. The molecule has 5 heteroatoms. The lowest BCUT2D eigenvalue weighted by Gasteiger charge is -2.09. The van der Waals surface area contributed by atoms with Crippen LogP contribution in [-0.4, -0.2) is 24.5 Å². The molecule has 1 atom stereocenters. The molecule has 0 radical (unpaired) electrons. The van der Waals surface area contributed by atoms with E-state index in [0.29, 0.717) is 17.9 Å². The number of carbonyl (C=O) groups excluding carboxylic acids is 2. The minimum Gasteiger partial charge on any atom is -0.462 e. The topological polar surface area (TPSA) is 81.4 Å². The average Bonchev–Trinajstić information content (AvgIpc) is 2.39. The molecule has 1 amide bonds. The maximum atomic E-state index is 11.6. The van der Waals surface area contributed by atoms with Crippen molar-refractivity contribution in [1.29, 1.82) is 0 Å². The van der Waals surface area contributed by atoms with Crippen LogP contribution in [0.15, 0.2) is 24.3 Å². The second kappa shape index (κ2) is 7.53. The molecule has 0 aromatic heterocycles. The molecule has 0 bridgehead atoms. The minimum absolute atomic E-state index is 0.126. The molecular formula is C14H20N2O3. The monoisotopic (exact) mass is 264 g/mol. The third-order valence-electron chi connectivity index (χ3n) is 2.65. The highest BCUT2D eigenvalue weighted by atomic mass is 16.5. The van der Waals surface area contributed by atoms with Crippen molar-refractivity contribution < 1.29 is 14.3 Å². The molecule has 1 rings (SSSR count). The Morgan fingerprint density at radius 2 is 1.89 bits per heavy atom. The van der Waals surface area contributed by atoms with Crippen LogP contribution in [0.1, 0.15) is 37.0 Å². The first-order chi connectivity index (χ1) is 9.06. The second-order valence-corrected chi connectivity index (χ2v) is 4.22. The highest BCUT2D eigenvalue weighted by Gasteiger charge is 2.09. The summed E-state index contributed by atoms with van der Waals surface area (Å²) in [7, 11) is 0. The number of hydrogen-bond donors (Lipinski definition) is 2. The van der Waals surface area contributed by atoms with Crippen LogP contribution in [0.2, 0.25) is 0 Å². The lowest BCUT2D eigenvalue weighted by atomic mass is 10.1. The van der Waals surface area contributed by atoms with Crippen LogP contribution in [0.3, 0.4) is 0 Å². The van der Waals surface area contributed by atoms with Crippen LogP contribution in [-0.2, 0) is 9.53 Å². The zero-order valence-corrected chi connectivity index (χ0v) is 11.3. The van der Waals surface area contributed by atoms with E-state index in [2.05, 4.69) is 5.32 Å². The van der Waals surface area contributed by atoms with E-state index in [1.165, 1.54) is 0 Å². The van der Waals surface area contributed by atoms with Crippen molar-refractivity contribution in [2.75, 3.05) is 11.9 Å². The van der Waals surface area contributed by atoms with Gasteiger partial charge in [0.25, 0.3) is 0 Å². The van der Waals surface area contributed by atoms with Crippen LogP contribution in [0, 0.1) is 0 Å². The fourth-order valence-electron chi connectivity index (χ4n) is 1.50. The molecule has 0 spiro atoms. The molecule has 0 saturated carbocycles. The summed E-state index contributed by atoms with van der Waals surface area (Å²) in [6.45, 7) is 4.03. The molecule has 0 heterocycles. The number of nitrogens with two attached hydrogens (primary N) is 1. The standard InChI is InChI=1S/C14H20N2O3/c1-3-11(15)9-13(17)16-12-7-5-10(6-8-12)14(18)19-4-2/h5-8,11H,3-4,9,15H2,1-2H3,(H,16,17). The van der Waals surface area contributed by atoms with Gasteiger partial charge in [0.05, 0.1) is 12.2 Å². The summed E-state index contributed by atoms with van der Waals surface area (Å²) < 4.78 is 4.87. The Kier molecular flexibility index (Phi) is 6.02. The predicted molar refractivity (Wildman–Crippen MR) is 73.9 cm³/mol. The Bertz CT molecular complexity index is 429. The van der Waals surface area contributed by atoms with E-state index in [-0.39, 0.29) is 24.3 Å². The largest absolute Gasteiger partial charge is 0.462 e. The summed E-state index contributed by atoms with van der Waals surface area (Å²) in [6, 6.07) is 6.45. The van der Waals surface area contributed by atoms with Gasteiger partial charge >= 0.3 is 5.97 Å². The number of hydrogen-bond acceptors (Lipinski definition) is 4. The van der Waals surface area contributed by atoms with E-state index >= 15 is 0 Å². The van der Waals surface area contributed by atoms with Crippen LogP contribution in [0.25, 0.3) is 0 Å². The maximum Gasteiger partial charge on any atom is 0.338 e. The van der Waals surface area contributed by atoms with Crippen molar-refractivity contribution in [3.63, 3.8) is 0 Å². The van der Waals surface area contributed by atoms with Crippen LogP contribution >= 0.6 is 0 Å². The molecule has 104 valence electrons. The summed E-state index contributed by atoms with van der Waals surface area (Å²) in [5.41, 5.74) is 6.81. The first-order valence-electron chi connectivity index (χ1n) is 6.39. The molecule has 0 aliphatic rings. The van der Waals surface area contributed by atoms with Gasteiger partial charge in [0.1, 0.15) is 0 Å². The van der Waals surface area contributed by atoms with Crippen molar-refractivity contribution in [2.45, 2.75) is 32.7 Å². The van der Waals surface area contributed by atoms with Gasteiger partial charge in [-0.2, -0.15) is 0 Å². The predicted octanol–water partition coefficient (Wildman–Crippen LogP) is 1.93. The van der Waals surface area contributed by atoms with Crippen molar-refractivity contribution >= 4 is 17.6 Å². The fourth-order valence-corrected chi connectivity index (χ4v) is 1.50. The number of carbonyl (C=O) groups is 2. The Morgan fingerprint density at radius 3 is 2.42 bits per heavy atom. The van der Waals surface area contributed by atoms with Gasteiger partial charge in [-0.15, -0.1) is 0 Å². The van der Waals surface area contributed by atoms with E-state index in [1.807, 2.05) is 6.92 Å². The quantitative estimate of drug-likeness (QED) is 0.769.